The van der Waals surface area contributed by atoms with Gasteiger partial charge in [-0.3, -0.25) is 19.3 Å². The van der Waals surface area contributed by atoms with Gasteiger partial charge < -0.3 is 34.6 Å². The molecule has 0 bridgehead atoms. The summed E-state index contributed by atoms with van der Waals surface area (Å²) in [5, 5.41) is 16.7. The van der Waals surface area contributed by atoms with Crippen LogP contribution in [0.25, 0.3) is 32.3 Å². The number of hydrogen-bond acceptors (Lipinski definition) is 12. The first-order valence-electron chi connectivity index (χ1n) is 22.7. The van der Waals surface area contributed by atoms with E-state index in [2.05, 4.69) is 21.6 Å². The first kappa shape index (κ1) is 47.8. The fourth-order valence-corrected chi connectivity index (χ4v) is 13.0. The van der Waals surface area contributed by atoms with Gasteiger partial charge in [0.25, 0.3) is 11.9 Å². The molecule has 0 aliphatic carbocycles. The summed E-state index contributed by atoms with van der Waals surface area (Å²) in [7, 11) is 0.154. The Kier molecular flexibility index (Phi) is 13.6. The maximum Gasteiger partial charge on any atom is 0.341 e. The van der Waals surface area contributed by atoms with Crippen molar-refractivity contribution in [2.45, 2.75) is 81.7 Å². The van der Waals surface area contributed by atoms with Crippen molar-refractivity contribution in [3.63, 3.8) is 0 Å². The number of nitrogens with one attached hydrogen (secondary N) is 2. The summed E-state index contributed by atoms with van der Waals surface area (Å²) in [6.45, 7) is 5.23. The molecular formula is C50H50ClFN6O9S2. The molecule has 6 aromatic rings. The zero-order valence-corrected chi connectivity index (χ0v) is 40.5. The minimum Gasteiger partial charge on any atom is -0.479 e. The van der Waals surface area contributed by atoms with E-state index in [0.717, 1.165) is 52.4 Å². The Balaban J connectivity index is 0.822. The van der Waals surface area contributed by atoms with Crippen LogP contribution in [-0.4, -0.2) is 99.9 Å². The molecule has 360 valence electrons. The Hall–Kier alpha value is -6.21. The number of fused-ring (bicyclic) bond motifs is 1. The van der Waals surface area contributed by atoms with Gasteiger partial charge in [0, 0.05) is 61.2 Å². The number of anilines is 3. The minimum atomic E-state index is -1.39. The fraction of sp³-hybridized carbons (Fsp3) is 0.360. The number of nitrogens with zero attached hydrogens (tertiary/aromatic N) is 4. The van der Waals surface area contributed by atoms with Crippen LogP contribution in [0, 0.1) is 5.82 Å². The molecule has 15 nitrogen and oxygen atoms in total. The molecule has 3 aliphatic rings. The number of aliphatic carboxylic acids is 1. The molecule has 4 aromatic carbocycles. The Morgan fingerprint density at radius 1 is 1.07 bits per heavy atom. The highest BCUT2D eigenvalue weighted by Crippen LogP contribution is 2.47. The molecule has 19 heteroatoms. The van der Waals surface area contributed by atoms with Crippen LogP contribution < -0.4 is 25.2 Å². The number of hydrogen-bond donors (Lipinski definition) is 3. The summed E-state index contributed by atoms with van der Waals surface area (Å²) in [5.74, 6) is -1.86. The maximum absolute atomic E-state index is 16.1. The second-order valence-corrected chi connectivity index (χ2v) is 21.0. The van der Waals surface area contributed by atoms with Crippen molar-refractivity contribution < 1.29 is 46.8 Å². The number of benzene rings is 4. The SMILES string of the molecule is CNC(=O)CCC(C=O)N1C(=O)c2cccc3c(C4CCN(c5nc6cc(CS(=O)N7CCC(Nc8cccc(-c9sc(C=O)c(OCC(=O)O)c9Cl)c8F)CC7(C)C)ccc6o5)CC4)ccc1c23. The van der Waals surface area contributed by atoms with Crippen LogP contribution in [0.5, 0.6) is 5.75 Å². The third-order valence-electron chi connectivity index (χ3n) is 13.4. The first-order chi connectivity index (χ1) is 33.2. The normalized spacial score (nSPS) is 18.1. The summed E-state index contributed by atoms with van der Waals surface area (Å²) in [6, 6.07) is 19.9. The van der Waals surface area contributed by atoms with E-state index in [-0.39, 0.29) is 74.1 Å². The standard InChI is InChI=1S/C50H50ClFN6O9S2/c1-50(2)23-30(54-36-9-5-8-35(45(36)52)47-44(51)46(40(25-60)68-47)66-26-42(62)63)18-21-57(50)69(65)27-28-10-14-39-37(22-28)55-49(67-39)56-19-16-29(17-20-56)32-12-13-38-43-33(32)6-4-7-34(43)48(64)58(38)31(24-59)11-15-41(61)53-3/h4-10,12-14,22,24-25,29-31,54H,11,15-21,23,26-27H2,1-3H3,(H,53,61)(H,62,63). The highest BCUT2D eigenvalue weighted by molar-refractivity contribution is 7.81. The molecule has 3 aliphatic heterocycles. The van der Waals surface area contributed by atoms with Gasteiger partial charge in [0.2, 0.25) is 5.91 Å². The van der Waals surface area contributed by atoms with Crippen LogP contribution in [0.2, 0.25) is 5.02 Å². The van der Waals surface area contributed by atoms with Crippen molar-refractivity contribution in [3.05, 3.63) is 99.1 Å². The average molecular weight is 998 g/mol. The Morgan fingerprint density at radius 2 is 1.84 bits per heavy atom. The van der Waals surface area contributed by atoms with Gasteiger partial charge in [-0.15, -0.1) is 11.3 Å². The third-order valence-corrected chi connectivity index (χ3v) is 16.7. The van der Waals surface area contributed by atoms with Crippen LogP contribution in [-0.2, 0) is 31.1 Å². The zero-order valence-electron chi connectivity index (χ0n) is 38.1. The predicted molar refractivity (Wildman–Crippen MR) is 265 cm³/mol. The lowest BCUT2D eigenvalue weighted by molar-refractivity contribution is -0.139. The topological polar surface area (TPSA) is 192 Å². The van der Waals surface area contributed by atoms with Crippen molar-refractivity contribution in [3.8, 4) is 16.2 Å². The lowest BCUT2D eigenvalue weighted by Gasteiger charge is -2.44. The van der Waals surface area contributed by atoms with Gasteiger partial charge in [-0.05, 0) is 98.7 Å². The van der Waals surface area contributed by atoms with Crippen LogP contribution in [0.1, 0.15) is 89.4 Å². The molecule has 0 spiro atoms. The Bertz CT molecular complexity index is 3040. The van der Waals surface area contributed by atoms with Gasteiger partial charge in [-0.1, -0.05) is 48.0 Å². The molecule has 0 radical (unpaired) electrons. The van der Waals surface area contributed by atoms with Crippen molar-refractivity contribution in [1.82, 2.24) is 14.6 Å². The maximum atomic E-state index is 16.1. The number of oxazole rings is 1. The van der Waals surface area contributed by atoms with E-state index in [9.17, 15) is 28.2 Å². The lowest BCUT2D eigenvalue weighted by Crippen LogP contribution is -2.53. The van der Waals surface area contributed by atoms with E-state index in [1.54, 1.807) is 25.2 Å². The Labute approximate surface area is 408 Å². The zero-order chi connectivity index (χ0) is 48.7. The molecule has 2 aromatic heterocycles. The fourth-order valence-electron chi connectivity index (χ4n) is 10.0. The molecular weight excluding hydrogens is 947 g/mol. The molecule has 0 saturated carbocycles. The quantitative estimate of drug-likeness (QED) is 0.0738. The van der Waals surface area contributed by atoms with Crippen molar-refractivity contribution >= 4 is 104 Å². The number of carboxylic acid groups (broad SMARTS) is 1. The number of amides is 2. The molecule has 3 N–H and O–H groups in total. The number of aldehydes is 2. The van der Waals surface area contributed by atoms with Gasteiger partial charge in [-0.25, -0.2) is 17.7 Å². The molecule has 2 fully saturated rings. The van der Waals surface area contributed by atoms with Gasteiger partial charge in [-0.2, -0.15) is 4.98 Å². The van der Waals surface area contributed by atoms with Gasteiger partial charge in [0.1, 0.15) is 21.7 Å². The van der Waals surface area contributed by atoms with E-state index in [4.69, 9.17) is 30.8 Å². The number of thiophene rings is 1. The summed E-state index contributed by atoms with van der Waals surface area (Å²) in [6.07, 6.45) is 4.41. The Morgan fingerprint density at radius 3 is 2.57 bits per heavy atom. The summed E-state index contributed by atoms with van der Waals surface area (Å²) < 4.78 is 43.6. The van der Waals surface area contributed by atoms with Crippen molar-refractivity contribution in [2.75, 3.05) is 48.4 Å². The number of ether oxygens (including phenoxy) is 1. The van der Waals surface area contributed by atoms with Gasteiger partial charge in [0.05, 0.1) is 39.0 Å². The minimum absolute atomic E-state index is 0.0401. The van der Waals surface area contributed by atoms with E-state index in [1.807, 2.05) is 54.6 Å². The number of carbonyl (C=O) groups is 5. The highest BCUT2D eigenvalue weighted by atomic mass is 35.5. The van der Waals surface area contributed by atoms with Crippen LogP contribution in [0.15, 0.2) is 71.1 Å². The van der Waals surface area contributed by atoms with E-state index in [1.165, 1.54) is 11.0 Å². The van der Waals surface area contributed by atoms with E-state index in [0.29, 0.717) is 67.1 Å². The monoisotopic (exact) mass is 996 g/mol. The number of carbonyl (C=O) groups excluding carboxylic acids is 4. The van der Waals surface area contributed by atoms with Crippen LogP contribution >= 0.6 is 22.9 Å². The molecule has 3 unspecified atom stereocenters. The molecule has 2 amide bonds. The van der Waals surface area contributed by atoms with Crippen molar-refractivity contribution in [2.24, 2.45) is 0 Å². The summed E-state index contributed by atoms with van der Waals surface area (Å²) in [5.41, 5.74) is 4.43. The number of piperidine rings is 2. The number of rotatable bonds is 17. The molecule has 9 rings (SSSR count). The predicted octanol–water partition coefficient (Wildman–Crippen LogP) is 8.73. The second-order valence-electron chi connectivity index (χ2n) is 18.2. The van der Waals surface area contributed by atoms with E-state index < -0.39 is 41.0 Å². The molecule has 5 heterocycles. The smallest absolute Gasteiger partial charge is 0.341 e. The van der Waals surface area contributed by atoms with E-state index >= 15 is 4.39 Å². The third kappa shape index (κ3) is 9.34. The largest absolute Gasteiger partial charge is 0.479 e. The van der Waals surface area contributed by atoms with Gasteiger partial charge >= 0.3 is 5.97 Å². The van der Waals surface area contributed by atoms with Crippen molar-refractivity contribution in [1.29, 1.82) is 0 Å². The lowest BCUT2D eigenvalue weighted by atomic mass is 9.85. The van der Waals surface area contributed by atoms with Crippen LogP contribution in [0.4, 0.5) is 21.8 Å². The number of halogens is 2. The average Bonchev–Trinajstić information content (AvgIpc) is 4.00. The number of carboxylic acids is 1. The highest BCUT2D eigenvalue weighted by Gasteiger charge is 2.39. The van der Waals surface area contributed by atoms with Gasteiger partial charge in [0.15, 0.2) is 30.0 Å². The summed E-state index contributed by atoms with van der Waals surface area (Å²) >= 11 is 7.42. The van der Waals surface area contributed by atoms with Crippen LogP contribution in [0.3, 0.4) is 0 Å². The number of aromatic nitrogens is 1. The molecule has 3 atom stereocenters. The molecule has 69 heavy (non-hydrogen) atoms. The second kappa shape index (κ2) is 19.7. The molecule has 2 saturated heterocycles. The first-order valence-corrected chi connectivity index (χ1v) is 25.2. The summed E-state index contributed by atoms with van der Waals surface area (Å²) in [4.78, 5) is 69.5.